The zero-order valence-electron chi connectivity index (χ0n) is 17.5. The summed E-state index contributed by atoms with van der Waals surface area (Å²) >= 11 is 0. The third-order valence-corrected chi connectivity index (χ3v) is 5.94. The smallest absolute Gasteiger partial charge is 0.272 e. The predicted octanol–water partition coefficient (Wildman–Crippen LogP) is 4.69. The lowest BCUT2D eigenvalue weighted by Gasteiger charge is -2.32. The van der Waals surface area contributed by atoms with Gasteiger partial charge in [-0.25, -0.2) is 4.98 Å². The van der Waals surface area contributed by atoms with E-state index >= 15 is 0 Å². The summed E-state index contributed by atoms with van der Waals surface area (Å²) in [5, 5.41) is 5.21. The van der Waals surface area contributed by atoms with Crippen LogP contribution in [-0.2, 0) is 6.42 Å². The molecule has 0 saturated carbocycles. The van der Waals surface area contributed by atoms with E-state index in [-0.39, 0.29) is 5.91 Å². The Morgan fingerprint density at radius 3 is 2.81 bits per heavy atom. The molecule has 2 aromatic heterocycles. The highest BCUT2D eigenvalue weighted by Crippen LogP contribution is 2.24. The van der Waals surface area contributed by atoms with E-state index in [1.807, 2.05) is 72.5 Å². The molecule has 1 aliphatic rings. The maximum absolute atomic E-state index is 13.1. The molecule has 0 bridgehead atoms. The molecule has 0 aliphatic carbocycles. The van der Waals surface area contributed by atoms with Crippen LogP contribution in [0.5, 0.6) is 0 Å². The van der Waals surface area contributed by atoms with Crippen LogP contribution in [0.25, 0.3) is 22.3 Å². The highest BCUT2D eigenvalue weighted by atomic mass is 16.5. The summed E-state index contributed by atoms with van der Waals surface area (Å²) in [6.45, 7) is 3.47. The first kappa shape index (κ1) is 19.4. The molecule has 156 valence electrons. The lowest BCUT2D eigenvalue weighted by molar-refractivity contribution is 0.0662. The van der Waals surface area contributed by atoms with Gasteiger partial charge in [0.2, 0.25) is 11.7 Å². The van der Waals surface area contributed by atoms with Gasteiger partial charge < -0.3 is 9.42 Å². The lowest BCUT2D eigenvalue weighted by Crippen LogP contribution is -2.40. The number of carbonyl (C=O) groups excluding carboxylic acids is 1. The Bertz CT molecular complexity index is 1230. The van der Waals surface area contributed by atoms with Gasteiger partial charge in [0, 0.05) is 30.5 Å². The van der Waals surface area contributed by atoms with Crippen molar-refractivity contribution < 1.29 is 9.32 Å². The number of amides is 1. The Hall–Kier alpha value is -3.54. The highest BCUT2D eigenvalue weighted by Gasteiger charge is 2.27. The van der Waals surface area contributed by atoms with E-state index in [0.29, 0.717) is 36.3 Å². The minimum absolute atomic E-state index is 0.0124. The van der Waals surface area contributed by atoms with E-state index in [2.05, 4.69) is 15.1 Å². The van der Waals surface area contributed by atoms with E-state index in [0.717, 1.165) is 41.4 Å². The van der Waals surface area contributed by atoms with Crippen LogP contribution in [0.2, 0.25) is 0 Å². The number of hydrogen-bond acceptors (Lipinski definition) is 5. The minimum atomic E-state index is -0.0124. The second kappa shape index (κ2) is 8.30. The van der Waals surface area contributed by atoms with Crippen molar-refractivity contribution in [2.75, 3.05) is 13.1 Å². The van der Waals surface area contributed by atoms with Crippen LogP contribution in [0.3, 0.4) is 0 Å². The van der Waals surface area contributed by atoms with Crippen LogP contribution in [0.15, 0.2) is 65.2 Å². The second-order valence-corrected chi connectivity index (χ2v) is 8.18. The normalized spacial score (nSPS) is 16.5. The molecule has 4 aromatic rings. The monoisotopic (exact) mass is 412 g/mol. The number of likely N-dealkylation sites (tertiary alicyclic amines) is 1. The number of carbonyl (C=O) groups is 1. The van der Waals surface area contributed by atoms with Crippen molar-refractivity contribution in [3.8, 4) is 11.4 Å². The SMILES string of the molecule is Cc1ccccc1-c1noc(C[C@@H]2CCCN(C(=O)c3ccc4ccccc4n3)C2)n1. The summed E-state index contributed by atoms with van der Waals surface area (Å²) in [7, 11) is 0. The van der Waals surface area contributed by atoms with Gasteiger partial charge in [-0.1, -0.05) is 53.7 Å². The van der Waals surface area contributed by atoms with Gasteiger partial charge in [0.15, 0.2) is 0 Å². The lowest BCUT2D eigenvalue weighted by atomic mass is 9.94. The van der Waals surface area contributed by atoms with Crippen molar-refractivity contribution in [3.05, 3.63) is 77.8 Å². The number of aryl methyl sites for hydroxylation is 1. The Kier molecular flexibility index (Phi) is 5.20. The van der Waals surface area contributed by atoms with Crippen LogP contribution in [0.1, 0.15) is 34.8 Å². The van der Waals surface area contributed by atoms with E-state index in [9.17, 15) is 4.79 Å². The number of fused-ring (bicyclic) bond motifs is 1. The molecule has 1 fully saturated rings. The molecule has 5 rings (SSSR count). The molecule has 6 heteroatoms. The van der Waals surface area contributed by atoms with Gasteiger partial charge in [-0.2, -0.15) is 4.98 Å². The molecule has 1 atom stereocenters. The fourth-order valence-electron chi connectivity index (χ4n) is 4.28. The van der Waals surface area contributed by atoms with Crippen molar-refractivity contribution in [3.63, 3.8) is 0 Å². The maximum atomic E-state index is 13.1. The molecule has 0 N–H and O–H groups in total. The van der Waals surface area contributed by atoms with Crippen LogP contribution in [0, 0.1) is 12.8 Å². The first-order valence-corrected chi connectivity index (χ1v) is 10.7. The fourth-order valence-corrected chi connectivity index (χ4v) is 4.28. The highest BCUT2D eigenvalue weighted by molar-refractivity contribution is 5.95. The predicted molar refractivity (Wildman–Crippen MR) is 119 cm³/mol. The minimum Gasteiger partial charge on any atom is -0.339 e. The van der Waals surface area contributed by atoms with E-state index in [1.54, 1.807) is 0 Å². The number of aromatic nitrogens is 3. The Balaban J connectivity index is 1.28. The van der Waals surface area contributed by atoms with Gasteiger partial charge in [0.25, 0.3) is 5.91 Å². The Morgan fingerprint density at radius 2 is 1.90 bits per heavy atom. The summed E-state index contributed by atoms with van der Waals surface area (Å²) in [5.74, 6) is 1.53. The number of nitrogens with zero attached hydrogens (tertiary/aromatic N) is 4. The first-order valence-electron chi connectivity index (χ1n) is 10.7. The van der Waals surface area contributed by atoms with Gasteiger partial charge in [0.05, 0.1) is 5.52 Å². The average molecular weight is 412 g/mol. The van der Waals surface area contributed by atoms with Crippen molar-refractivity contribution in [1.29, 1.82) is 0 Å². The molecule has 31 heavy (non-hydrogen) atoms. The number of piperidine rings is 1. The number of hydrogen-bond donors (Lipinski definition) is 0. The standard InChI is InChI=1S/C25H24N4O2/c1-17-7-2-4-10-20(17)24-27-23(31-28-24)15-18-8-6-14-29(16-18)25(30)22-13-12-19-9-3-5-11-21(19)26-22/h2-5,7,9-13,18H,6,8,14-16H2,1H3/t18-/m0/s1. The van der Waals surface area contributed by atoms with E-state index in [4.69, 9.17) is 4.52 Å². The summed E-state index contributed by atoms with van der Waals surface area (Å²) in [4.78, 5) is 24.2. The Labute approximate surface area is 180 Å². The van der Waals surface area contributed by atoms with Gasteiger partial charge >= 0.3 is 0 Å². The quantitative estimate of drug-likeness (QED) is 0.486. The van der Waals surface area contributed by atoms with Crippen LogP contribution in [-0.4, -0.2) is 39.0 Å². The number of benzene rings is 2. The molecule has 3 heterocycles. The number of rotatable bonds is 4. The first-order chi connectivity index (χ1) is 15.2. The fraction of sp³-hybridized carbons (Fsp3) is 0.280. The van der Waals surface area contributed by atoms with Crippen LogP contribution in [0.4, 0.5) is 0 Å². The van der Waals surface area contributed by atoms with Gasteiger partial charge in [-0.3, -0.25) is 4.79 Å². The molecule has 2 aromatic carbocycles. The van der Waals surface area contributed by atoms with Gasteiger partial charge in [-0.15, -0.1) is 0 Å². The van der Waals surface area contributed by atoms with E-state index in [1.165, 1.54) is 0 Å². The maximum Gasteiger partial charge on any atom is 0.272 e. The summed E-state index contributed by atoms with van der Waals surface area (Å²) in [6.07, 6.45) is 2.67. The second-order valence-electron chi connectivity index (χ2n) is 8.18. The molecule has 1 amide bonds. The third-order valence-electron chi connectivity index (χ3n) is 5.94. The molecule has 0 spiro atoms. The Morgan fingerprint density at radius 1 is 1.06 bits per heavy atom. The molecule has 0 unspecified atom stereocenters. The van der Waals surface area contributed by atoms with Crippen LogP contribution < -0.4 is 0 Å². The topological polar surface area (TPSA) is 72.1 Å². The molecule has 1 aliphatic heterocycles. The van der Waals surface area contributed by atoms with Gasteiger partial charge in [-0.05, 0) is 43.4 Å². The molecular weight excluding hydrogens is 388 g/mol. The van der Waals surface area contributed by atoms with Crippen molar-refractivity contribution in [1.82, 2.24) is 20.0 Å². The molecular formula is C25H24N4O2. The molecule has 0 radical (unpaired) electrons. The zero-order chi connectivity index (χ0) is 21.2. The van der Waals surface area contributed by atoms with Crippen molar-refractivity contribution in [2.24, 2.45) is 5.92 Å². The van der Waals surface area contributed by atoms with Crippen molar-refractivity contribution in [2.45, 2.75) is 26.2 Å². The third kappa shape index (κ3) is 4.06. The summed E-state index contributed by atoms with van der Waals surface area (Å²) in [5.41, 5.74) is 3.45. The van der Waals surface area contributed by atoms with E-state index < -0.39 is 0 Å². The van der Waals surface area contributed by atoms with Crippen LogP contribution >= 0.6 is 0 Å². The summed E-state index contributed by atoms with van der Waals surface area (Å²) < 4.78 is 5.53. The molecule has 1 saturated heterocycles. The summed E-state index contributed by atoms with van der Waals surface area (Å²) in [6, 6.07) is 19.7. The number of pyridine rings is 1. The average Bonchev–Trinajstić information content (AvgIpc) is 3.27. The van der Waals surface area contributed by atoms with Gasteiger partial charge in [0.1, 0.15) is 5.69 Å². The zero-order valence-corrected chi connectivity index (χ0v) is 17.5. The largest absolute Gasteiger partial charge is 0.339 e. The molecule has 6 nitrogen and oxygen atoms in total. The van der Waals surface area contributed by atoms with Crippen molar-refractivity contribution >= 4 is 16.8 Å². The number of para-hydroxylation sites is 1.